The van der Waals surface area contributed by atoms with Gasteiger partial charge in [0.1, 0.15) is 0 Å². The first kappa shape index (κ1) is 21.9. The highest BCUT2D eigenvalue weighted by Crippen LogP contribution is 2.08. The summed E-state index contributed by atoms with van der Waals surface area (Å²) in [4.78, 5) is 13.1. The maximum absolute atomic E-state index is 4.71. The summed E-state index contributed by atoms with van der Waals surface area (Å²) in [6.45, 7) is 5.15. The lowest BCUT2D eigenvalue weighted by Crippen LogP contribution is -2.38. The van der Waals surface area contributed by atoms with Gasteiger partial charge in [-0.1, -0.05) is 30.3 Å². The van der Waals surface area contributed by atoms with Gasteiger partial charge in [0.05, 0.1) is 12.9 Å². The molecule has 148 valence electrons. The Kier molecular flexibility index (Phi) is 9.47. The van der Waals surface area contributed by atoms with Crippen LogP contribution in [0, 0.1) is 0 Å². The quantitative estimate of drug-likeness (QED) is 0.289. The zero-order valence-electron chi connectivity index (χ0n) is 16.1. The predicted octanol–water partition coefficient (Wildman–Crippen LogP) is 3.24. The van der Waals surface area contributed by atoms with E-state index in [2.05, 4.69) is 56.4 Å². The Hall–Kier alpha value is -2.42. The van der Waals surface area contributed by atoms with Gasteiger partial charge in [0.15, 0.2) is 5.96 Å². The number of aliphatic imine (C=N–C) groups is 1. The highest BCUT2D eigenvalue weighted by atomic mass is 127. The van der Waals surface area contributed by atoms with Gasteiger partial charge >= 0.3 is 0 Å². The molecule has 0 spiro atoms. The molecule has 0 aliphatic heterocycles. The van der Waals surface area contributed by atoms with Crippen molar-refractivity contribution in [2.75, 3.05) is 13.1 Å². The van der Waals surface area contributed by atoms with Crippen LogP contribution in [-0.2, 0) is 19.5 Å². The maximum Gasteiger partial charge on any atom is 0.191 e. The molecule has 2 N–H and O–H groups in total. The molecule has 6 nitrogen and oxygen atoms in total. The fraction of sp³-hybridized carbons (Fsp3) is 0.286. The summed E-state index contributed by atoms with van der Waals surface area (Å²) in [7, 11) is 0. The van der Waals surface area contributed by atoms with Crippen molar-refractivity contribution >= 4 is 29.9 Å². The third-order valence-corrected chi connectivity index (χ3v) is 4.08. The third-order valence-electron chi connectivity index (χ3n) is 4.08. The molecular weight excluding hydrogens is 463 g/mol. The number of hydrogen-bond acceptors (Lipinski definition) is 3. The topological polar surface area (TPSA) is 67.1 Å². The number of aromatic nitrogens is 3. The number of nitrogens with one attached hydrogen (secondary N) is 2. The molecule has 1 aromatic carbocycles. The van der Waals surface area contributed by atoms with Crippen molar-refractivity contribution in [1.82, 2.24) is 25.2 Å². The fourth-order valence-corrected chi connectivity index (χ4v) is 2.78. The van der Waals surface area contributed by atoms with Crippen LogP contribution in [0.25, 0.3) is 0 Å². The standard InChI is InChI=1S/C21H26N6.HI/c1-2-23-21(25-11-9-20-8-3-4-10-24-20)26-15-18-6-5-7-19(14-18)16-27-13-12-22-17-27;/h3-8,10,12-14,17H,2,9,11,15-16H2,1H3,(H2,23,25,26);1H. The Morgan fingerprint density at radius 3 is 2.71 bits per heavy atom. The second-order valence-corrected chi connectivity index (χ2v) is 6.25. The molecule has 0 aliphatic carbocycles. The lowest BCUT2D eigenvalue weighted by molar-refractivity contribution is 0.785. The summed E-state index contributed by atoms with van der Waals surface area (Å²) in [6, 6.07) is 14.5. The van der Waals surface area contributed by atoms with Crippen LogP contribution in [0.3, 0.4) is 0 Å². The normalized spacial score (nSPS) is 11.0. The zero-order valence-corrected chi connectivity index (χ0v) is 18.4. The molecule has 7 heteroatoms. The van der Waals surface area contributed by atoms with Crippen LogP contribution < -0.4 is 10.6 Å². The lowest BCUT2D eigenvalue weighted by Gasteiger charge is -2.11. The van der Waals surface area contributed by atoms with E-state index in [4.69, 9.17) is 4.99 Å². The van der Waals surface area contributed by atoms with Gasteiger partial charge in [-0.05, 0) is 30.2 Å². The number of hydrogen-bond donors (Lipinski definition) is 2. The van der Waals surface area contributed by atoms with Gasteiger partial charge in [0, 0.05) is 50.3 Å². The zero-order chi connectivity index (χ0) is 18.7. The molecule has 0 fully saturated rings. The van der Waals surface area contributed by atoms with Crippen molar-refractivity contribution in [2.24, 2.45) is 4.99 Å². The second kappa shape index (κ2) is 12.1. The van der Waals surface area contributed by atoms with Crippen molar-refractivity contribution < 1.29 is 0 Å². The van der Waals surface area contributed by atoms with E-state index in [-0.39, 0.29) is 24.0 Å². The van der Waals surface area contributed by atoms with Crippen molar-refractivity contribution in [3.8, 4) is 0 Å². The number of halogens is 1. The van der Waals surface area contributed by atoms with Crippen LogP contribution in [0.15, 0.2) is 72.4 Å². The van der Waals surface area contributed by atoms with Crippen molar-refractivity contribution in [3.05, 3.63) is 84.2 Å². The van der Waals surface area contributed by atoms with Crippen molar-refractivity contribution in [1.29, 1.82) is 0 Å². The summed E-state index contributed by atoms with van der Waals surface area (Å²) < 4.78 is 2.06. The molecule has 0 atom stereocenters. The molecule has 0 unspecified atom stereocenters. The monoisotopic (exact) mass is 490 g/mol. The second-order valence-electron chi connectivity index (χ2n) is 6.25. The molecule has 3 aromatic rings. The van der Waals surface area contributed by atoms with E-state index >= 15 is 0 Å². The molecule has 3 rings (SSSR count). The van der Waals surface area contributed by atoms with E-state index in [1.807, 2.05) is 36.9 Å². The van der Waals surface area contributed by atoms with Gasteiger partial charge in [0.2, 0.25) is 0 Å². The van der Waals surface area contributed by atoms with Crippen molar-refractivity contribution in [2.45, 2.75) is 26.4 Å². The third kappa shape index (κ3) is 7.30. The average molecular weight is 490 g/mol. The largest absolute Gasteiger partial charge is 0.357 e. The van der Waals surface area contributed by atoms with E-state index in [1.54, 1.807) is 6.20 Å². The molecule has 0 bridgehead atoms. The minimum Gasteiger partial charge on any atom is -0.357 e. The van der Waals surface area contributed by atoms with Crippen LogP contribution >= 0.6 is 24.0 Å². The Labute approximate surface area is 183 Å². The van der Waals surface area contributed by atoms with Gasteiger partial charge in [-0.3, -0.25) is 4.98 Å². The maximum atomic E-state index is 4.71. The first-order valence-corrected chi connectivity index (χ1v) is 9.29. The fourth-order valence-electron chi connectivity index (χ4n) is 2.78. The van der Waals surface area contributed by atoms with Crippen LogP contribution in [0.2, 0.25) is 0 Å². The summed E-state index contributed by atoms with van der Waals surface area (Å²) in [6.07, 6.45) is 8.30. The Balaban J connectivity index is 0.00000280. The Morgan fingerprint density at radius 2 is 1.96 bits per heavy atom. The van der Waals surface area contributed by atoms with Crippen molar-refractivity contribution in [3.63, 3.8) is 0 Å². The van der Waals surface area contributed by atoms with Crippen LogP contribution in [0.1, 0.15) is 23.7 Å². The number of guanidine groups is 1. The summed E-state index contributed by atoms with van der Waals surface area (Å²) in [5.74, 6) is 0.827. The van der Waals surface area contributed by atoms with E-state index in [0.717, 1.165) is 37.7 Å². The van der Waals surface area contributed by atoms with E-state index in [1.165, 1.54) is 11.1 Å². The molecule has 0 saturated heterocycles. The first-order valence-electron chi connectivity index (χ1n) is 9.29. The van der Waals surface area contributed by atoms with Gasteiger partial charge in [-0.15, -0.1) is 24.0 Å². The number of imidazole rings is 1. The van der Waals surface area contributed by atoms with E-state index in [0.29, 0.717) is 6.54 Å². The average Bonchev–Trinajstić information content (AvgIpc) is 3.20. The van der Waals surface area contributed by atoms with Crippen LogP contribution in [0.4, 0.5) is 0 Å². The summed E-state index contributed by atoms with van der Waals surface area (Å²) >= 11 is 0. The molecular formula is C21H27IN6. The first-order chi connectivity index (χ1) is 13.3. The number of nitrogens with zero attached hydrogens (tertiary/aromatic N) is 4. The summed E-state index contributed by atoms with van der Waals surface area (Å²) in [5, 5.41) is 6.67. The van der Waals surface area contributed by atoms with Gasteiger partial charge in [-0.25, -0.2) is 9.98 Å². The molecule has 0 saturated carbocycles. The molecule has 0 radical (unpaired) electrons. The van der Waals surface area contributed by atoms with E-state index in [9.17, 15) is 0 Å². The minimum atomic E-state index is 0. The van der Waals surface area contributed by atoms with Crippen LogP contribution in [-0.4, -0.2) is 33.6 Å². The number of pyridine rings is 1. The van der Waals surface area contributed by atoms with Crippen LogP contribution in [0.5, 0.6) is 0 Å². The van der Waals surface area contributed by atoms with Gasteiger partial charge in [-0.2, -0.15) is 0 Å². The highest BCUT2D eigenvalue weighted by Gasteiger charge is 2.01. The molecule has 2 heterocycles. The number of rotatable bonds is 8. The molecule has 0 aliphatic rings. The Bertz CT molecular complexity index is 833. The summed E-state index contributed by atoms with van der Waals surface area (Å²) in [5.41, 5.74) is 3.51. The predicted molar refractivity (Wildman–Crippen MR) is 124 cm³/mol. The van der Waals surface area contributed by atoms with Gasteiger partial charge < -0.3 is 15.2 Å². The lowest BCUT2D eigenvalue weighted by atomic mass is 10.1. The van der Waals surface area contributed by atoms with Gasteiger partial charge in [0.25, 0.3) is 0 Å². The minimum absolute atomic E-state index is 0. The molecule has 2 aromatic heterocycles. The number of benzene rings is 1. The highest BCUT2D eigenvalue weighted by molar-refractivity contribution is 14.0. The SMILES string of the molecule is CCNC(=NCc1cccc(Cn2ccnc2)c1)NCCc1ccccn1.I. The smallest absolute Gasteiger partial charge is 0.191 e. The Morgan fingerprint density at radius 1 is 1.07 bits per heavy atom. The van der Waals surface area contributed by atoms with E-state index < -0.39 is 0 Å². The molecule has 28 heavy (non-hydrogen) atoms. The molecule has 0 amide bonds.